The standard InChI is InChI=1S/C27H31F4N7/c1-3-20-7-4-5-12-38(20)26-34-23(19-9-10-22(28)18(2)17-19)33-25(35-26)37-15-13-36(14-16-37)24-21(27(29,30)31)8-6-11-32-24/h6,8-11,17,20H,3-5,7,12-16H2,1-2H3. The van der Waals surface area contributed by atoms with E-state index in [0.717, 1.165) is 38.3 Å². The second-order valence-electron chi connectivity index (χ2n) is 9.82. The van der Waals surface area contributed by atoms with E-state index in [-0.39, 0.29) is 11.6 Å². The highest BCUT2D eigenvalue weighted by Crippen LogP contribution is 2.36. The minimum atomic E-state index is -4.48. The van der Waals surface area contributed by atoms with Gasteiger partial charge >= 0.3 is 6.18 Å². The highest BCUT2D eigenvalue weighted by Gasteiger charge is 2.36. The molecular formula is C27H31F4N7. The second kappa shape index (κ2) is 10.7. The molecule has 4 heterocycles. The van der Waals surface area contributed by atoms with Gasteiger partial charge in [0.2, 0.25) is 11.9 Å². The van der Waals surface area contributed by atoms with Crippen molar-refractivity contribution < 1.29 is 17.6 Å². The van der Waals surface area contributed by atoms with Crippen LogP contribution in [0.4, 0.5) is 35.3 Å². The summed E-state index contributed by atoms with van der Waals surface area (Å²) >= 11 is 0. The van der Waals surface area contributed by atoms with E-state index < -0.39 is 11.7 Å². The Morgan fingerprint density at radius 1 is 0.921 bits per heavy atom. The van der Waals surface area contributed by atoms with Crippen LogP contribution in [0.15, 0.2) is 36.5 Å². The average Bonchev–Trinajstić information content (AvgIpc) is 2.94. The number of piperidine rings is 1. The Balaban J connectivity index is 1.45. The van der Waals surface area contributed by atoms with Crippen molar-refractivity contribution in [2.75, 3.05) is 47.4 Å². The smallest absolute Gasteiger partial charge is 0.353 e. The topological polar surface area (TPSA) is 61.3 Å². The second-order valence-corrected chi connectivity index (χ2v) is 9.82. The van der Waals surface area contributed by atoms with E-state index in [2.05, 4.69) is 16.8 Å². The SMILES string of the molecule is CCC1CCCCN1c1nc(-c2ccc(F)c(C)c2)nc(N2CCN(c3ncccc3C(F)(F)F)CC2)n1. The third-order valence-electron chi connectivity index (χ3n) is 7.34. The lowest BCUT2D eigenvalue weighted by Gasteiger charge is -2.38. The summed E-state index contributed by atoms with van der Waals surface area (Å²) < 4.78 is 54.6. The van der Waals surface area contributed by atoms with Crippen LogP contribution in [-0.4, -0.2) is 58.7 Å². The van der Waals surface area contributed by atoms with Crippen LogP contribution in [-0.2, 0) is 6.18 Å². The maximum absolute atomic E-state index is 14.0. The lowest BCUT2D eigenvalue weighted by molar-refractivity contribution is -0.137. The van der Waals surface area contributed by atoms with Crippen molar-refractivity contribution in [2.24, 2.45) is 0 Å². The molecule has 0 bridgehead atoms. The maximum atomic E-state index is 14.0. The van der Waals surface area contributed by atoms with Gasteiger partial charge in [0.1, 0.15) is 11.6 Å². The number of nitrogens with zero attached hydrogens (tertiary/aromatic N) is 7. The molecular weight excluding hydrogens is 498 g/mol. The summed E-state index contributed by atoms with van der Waals surface area (Å²) in [6.45, 7) is 6.23. The van der Waals surface area contributed by atoms with Crippen molar-refractivity contribution in [3.05, 3.63) is 53.5 Å². The fourth-order valence-corrected chi connectivity index (χ4v) is 5.21. The zero-order valence-electron chi connectivity index (χ0n) is 21.5. The molecule has 7 nitrogen and oxygen atoms in total. The number of halogens is 4. The van der Waals surface area contributed by atoms with Gasteiger partial charge < -0.3 is 14.7 Å². The van der Waals surface area contributed by atoms with Crippen LogP contribution in [0.5, 0.6) is 0 Å². The first-order valence-electron chi connectivity index (χ1n) is 13.1. The summed E-state index contributed by atoms with van der Waals surface area (Å²) in [4.78, 5) is 24.3. The van der Waals surface area contributed by atoms with Gasteiger partial charge in [0, 0.05) is 50.5 Å². The Hall–Kier alpha value is -3.50. The largest absolute Gasteiger partial charge is 0.419 e. The fourth-order valence-electron chi connectivity index (χ4n) is 5.21. The Labute approximate surface area is 219 Å². The molecule has 3 aromatic rings. The molecule has 1 unspecified atom stereocenters. The number of aromatic nitrogens is 4. The first-order valence-corrected chi connectivity index (χ1v) is 13.1. The molecule has 1 aromatic carbocycles. The molecule has 0 amide bonds. The average molecular weight is 530 g/mol. The van der Waals surface area contributed by atoms with Gasteiger partial charge in [-0.1, -0.05) is 6.92 Å². The summed E-state index contributed by atoms with van der Waals surface area (Å²) in [5.41, 5.74) is 0.459. The summed E-state index contributed by atoms with van der Waals surface area (Å²) in [5, 5.41) is 0. The lowest BCUT2D eigenvalue weighted by atomic mass is 10.0. The van der Waals surface area contributed by atoms with Gasteiger partial charge in [-0.3, -0.25) is 0 Å². The predicted molar refractivity (Wildman–Crippen MR) is 139 cm³/mol. The van der Waals surface area contributed by atoms with Crippen molar-refractivity contribution in [2.45, 2.75) is 51.7 Å². The van der Waals surface area contributed by atoms with Crippen LogP contribution >= 0.6 is 0 Å². The quantitative estimate of drug-likeness (QED) is 0.405. The third kappa shape index (κ3) is 5.37. The van der Waals surface area contributed by atoms with E-state index in [0.29, 0.717) is 61.1 Å². The molecule has 5 rings (SSSR count). The third-order valence-corrected chi connectivity index (χ3v) is 7.34. The zero-order valence-corrected chi connectivity index (χ0v) is 21.5. The van der Waals surface area contributed by atoms with E-state index >= 15 is 0 Å². The monoisotopic (exact) mass is 529 g/mol. The number of piperazine rings is 1. The van der Waals surface area contributed by atoms with E-state index in [9.17, 15) is 17.6 Å². The summed E-state index contributed by atoms with van der Waals surface area (Å²) in [6, 6.07) is 7.49. The molecule has 11 heteroatoms. The van der Waals surface area contributed by atoms with Crippen LogP contribution < -0.4 is 14.7 Å². The Bertz CT molecular complexity index is 1270. The van der Waals surface area contributed by atoms with Gasteiger partial charge in [-0.05, 0) is 68.5 Å². The number of pyridine rings is 1. The number of hydrogen-bond acceptors (Lipinski definition) is 7. The van der Waals surface area contributed by atoms with Gasteiger partial charge in [-0.2, -0.15) is 28.1 Å². The van der Waals surface area contributed by atoms with Crippen LogP contribution in [0.3, 0.4) is 0 Å². The molecule has 2 aromatic heterocycles. The number of rotatable bonds is 5. The molecule has 0 N–H and O–H groups in total. The number of aryl methyl sites for hydroxylation is 1. The zero-order chi connectivity index (χ0) is 26.9. The van der Waals surface area contributed by atoms with E-state index in [1.54, 1.807) is 24.0 Å². The molecule has 202 valence electrons. The summed E-state index contributed by atoms with van der Waals surface area (Å²) in [6.07, 6.45) is 1.15. The highest BCUT2D eigenvalue weighted by atomic mass is 19.4. The molecule has 2 fully saturated rings. The van der Waals surface area contributed by atoms with Gasteiger partial charge in [0.15, 0.2) is 5.82 Å². The predicted octanol–water partition coefficient (Wildman–Crippen LogP) is 5.50. The Morgan fingerprint density at radius 3 is 2.37 bits per heavy atom. The minimum Gasteiger partial charge on any atom is -0.353 e. The molecule has 38 heavy (non-hydrogen) atoms. The van der Waals surface area contributed by atoms with Crippen molar-refractivity contribution >= 4 is 17.7 Å². The fraction of sp³-hybridized carbons (Fsp3) is 0.481. The first kappa shape index (κ1) is 26.1. The normalized spacial score (nSPS) is 18.7. The number of alkyl halides is 3. The molecule has 0 saturated carbocycles. The van der Waals surface area contributed by atoms with E-state index in [1.165, 1.54) is 18.3 Å². The lowest BCUT2D eigenvalue weighted by Crippen LogP contribution is -2.48. The number of hydrogen-bond donors (Lipinski definition) is 0. The van der Waals surface area contributed by atoms with Crippen LogP contribution in [0, 0.1) is 12.7 Å². The molecule has 2 aliphatic rings. The molecule has 2 saturated heterocycles. The molecule has 0 radical (unpaired) electrons. The van der Waals surface area contributed by atoms with Crippen LogP contribution in [0.2, 0.25) is 0 Å². The van der Waals surface area contributed by atoms with Gasteiger partial charge in [-0.15, -0.1) is 0 Å². The molecule has 0 spiro atoms. The maximum Gasteiger partial charge on any atom is 0.419 e. The summed E-state index contributed by atoms with van der Waals surface area (Å²) in [5.74, 6) is 1.17. The van der Waals surface area contributed by atoms with Crippen molar-refractivity contribution in [1.82, 2.24) is 19.9 Å². The number of anilines is 3. The molecule has 0 aliphatic carbocycles. The molecule has 2 aliphatic heterocycles. The molecule has 1 atom stereocenters. The van der Waals surface area contributed by atoms with Crippen LogP contribution in [0.25, 0.3) is 11.4 Å². The highest BCUT2D eigenvalue weighted by molar-refractivity contribution is 5.60. The van der Waals surface area contributed by atoms with Crippen LogP contribution in [0.1, 0.15) is 43.7 Å². The van der Waals surface area contributed by atoms with Crippen molar-refractivity contribution in [3.63, 3.8) is 0 Å². The van der Waals surface area contributed by atoms with E-state index in [4.69, 9.17) is 15.0 Å². The first-order chi connectivity index (χ1) is 18.2. The van der Waals surface area contributed by atoms with Gasteiger partial charge in [-0.25, -0.2) is 9.37 Å². The van der Waals surface area contributed by atoms with Crippen molar-refractivity contribution in [3.8, 4) is 11.4 Å². The number of benzene rings is 1. The summed E-state index contributed by atoms with van der Waals surface area (Å²) in [7, 11) is 0. The van der Waals surface area contributed by atoms with Crippen molar-refractivity contribution in [1.29, 1.82) is 0 Å². The van der Waals surface area contributed by atoms with E-state index in [1.807, 2.05) is 4.90 Å². The Morgan fingerprint density at radius 2 is 1.66 bits per heavy atom. The van der Waals surface area contributed by atoms with Gasteiger partial charge in [0.25, 0.3) is 0 Å². The minimum absolute atomic E-state index is 0.0578. The van der Waals surface area contributed by atoms with Gasteiger partial charge in [0.05, 0.1) is 5.56 Å². The Kier molecular flexibility index (Phi) is 7.36.